The molecule has 1 heterocycles. The van der Waals surface area contributed by atoms with Crippen LogP contribution in [0.2, 0.25) is 0 Å². The molecule has 0 aromatic heterocycles. The minimum Gasteiger partial charge on any atom is -0.480 e. The fourth-order valence-corrected chi connectivity index (χ4v) is 3.42. The van der Waals surface area contributed by atoms with E-state index in [4.69, 9.17) is 4.74 Å². The maximum absolute atomic E-state index is 12.4. The second kappa shape index (κ2) is 7.91. The Hall–Kier alpha value is -2.34. The number of anilines is 2. The van der Waals surface area contributed by atoms with Crippen molar-refractivity contribution in [2.45, 2.75) is 32.8 Å². The van der Waals surface area contributed by atoms with E-state index in [1.807, 2.05) is 37.3 Å². The third-order valence-electron chi connectivity index (χ3n) is 4.28. The smallest absolute Gasteiger partial charge is 0.265 e. The van der Waals surface area contributed by atoms with E-state index in [-0.39, 0.29) is 11.8 Å². The van der Waals surface area contributed by atoms with Gasteiger partial charge in [-0.3, -0.25) is 9.59 Å². The zero-order chi connectivity index (χ0) is 18.7. The maximum atomic E-state index is 12.4. The number of hydrogen-bond acceptors (Lipinski definition) is 3. The third kappa shape index (κ3) is 4.25. The summed E-state index contributed by atoms with van der Waals surface area (Å²) in [6.45, 7) is 4.45. The Morgan fingerprint density at radius 1 is 1.23 bits per heavy atom. The molecule has 136 valence electrons. The molecule has 2 amide bonds. The standard InChI is InChI=1S/C20H21BrN2O3/c1-13-5-10-18(17(21)12-13)26-14(2)20(25)22-15-6-8-16(9-7-15)23-11-3-4-19(23)24/h5-10,12,14H,3-4,11H2,1-2H3,(H,22,25). The molecule has 0 spiro atoms. The summed E-state index contributed by atoms with van der Waals surface area (Å²) in [6, 6.07) is 13.0. The molecule has 2 aromatic carbocycles. The summed E-state index contributed by atoms with van der Waals surface area (Å²) >= 11 is 3.45. The first-order valence-electron chi connectivity index (χ1n) is 8.58. The van der Waals surface area contributed by atoms with E-state index in [9.17, 15) is 9.59 Å². The number of carbonyl (C=O) groups is 2. The van der Waals surface area contributed by atoms with Crippen LogP contribution >= 0.6 is 15.9 Å². The number of nitrogens with zero attached hydrogens (tertiary/aromatic N) is 1. The lowest BCUT2D eigenvalue weighted by Gasteiger charge is -2.18. The molecule has 1 N–H and O–H groups in total. The number of nitrogens with one attached hydrogen (secondary N) is 1. The van der Waals surface area contributed by atoms with Crippen LogP contribution in [0.15, 0.2) is 46.9 Å². The summed E-state index contributed by atoms with van der Waals surface area (Å²) in [7, 11) is 0. The van der Waals surface area contributed by atoms with Gasteiger partial charge in [0.1, 0.15) is 5.75 Å². The molecule has 5 nitrogen and oxygen atoms in total. The predicted octanol–water partition coefficient (Wildman–Crippen LogP) is 4.29. The molecule has 0 aliphatic carbocycles. The number of carbonyl (C=O) groups excluding carboxylic acids is 2. The van der Waals surface area contributed by atoms with Crippen molar-refractivity contribution in [2.24, 2.45) is 0 Å². The van der Waals surface area contributed by atoms with E-state index in [2.05, 4.69) is 21.2 Å². The quantitative estimate of drug-likeness (QED) is 0.790. The van der Waals surface area contributed by atoms with Crippen LogP contribution in [-0.2, 0) is 9.59 Å². The second-order valence-electron chi connectivity index (χ2n) is 6.38. The molecule has 6 heteroatoms. The minimum atomic E-state index is -0.645. The van der Waals surface area contributed by atoms with Crippen molar-refractivity contribution in [1.82, 2.24) is 0 Å². The van der Waals surface area contributed by atoms with Crippen molar-refractivity contribution in [3.63, 3.8) is 0 Å². The van der Waals surface area contributed by atoms with E-state index in [0.717, 1.165) is 28.7 Å². The van der Waals surface area contributed by atoms with Gasteiger partial charge in [0.2, 0.25) is 5.91 Å². The topological polar surface area (TPSA) is 58.6 Å². The van der Waals surface area contributed by atoms with Gasteiger partial charge in [-0.15, -0.1) is 0 Å². The number of halogens is 1. The van der Waals surface area contributed by atoms with Crippen molar-refractivity contribution < 1.29 is 14.3 Å². The molecule has 1 unspecified atom stereocenters. The van der Waals surface area contributed by atoms with Gasteiger partial charge < -0.3 is 15.0 Å². The third-order valence-corrected chi connectivity index (χ3v) is 4.90. The van der Waals surface area contributed by atoms with Crippen LogP contribution in [0.3, 0.4) is 0 Å². The number of hydrogen-bond donors (Lipinski definition) is 1. The van der Waals surface area contributed by atoms with Gasteiger partial charge in [-0.2, -0.15) is 0 Å². The molecular formula is C20H21BrN2O3. The van der Waals surface area contributed by atoms with Gasteiger partial charge in [0, 0.05) is 24.3 Å². The summed E-state index contributed by atoms with van der Waals surface area (Å²) in [5.74, 6) is 0.538. The Morgan fingerprint density at radius 3 is 2.58 bits per heavy atom. The summed E-state index contributed by atoms with van der Waals surface area (Å²) in [5.41, 5.74) is 2.64. The lowest BCUT2D eigenvalue weighted by atomic mass is 10.2. The number of benzene rings is 2. The highest BCUT2D eigenvalue weighted by atomic mass is 79.9. The van der Waals surface area contributed by atoms with Crippen molar-refractivity contribution in [3.05, 3.63) is 52.5 Å². The van der Waals surface area contributed by atoms with Gasteiger partial charge in [-0.1, -0.05) is 6.07 Å². The molecule has 1 aliphatic heterocycles. The Kier molecular flexibility index (Phi) is 5.61. The van der Waals surface area contributed by atoms with Gasteiger partial charge >= 0.3 is 0 Å². The van der Waals surface area contributed by atoms with Crippen LogP contribution in [0.5, 0.6) is 5.75 Å². The molecule has 2 aromatic rings. The Labute approximate surface area is 161 Å². The average Bonchev–Trinajstić information content (AvgIpc) is 3.04. The van der Waals surface area contributed by atoms with Crippen LogP contribution in [0.4, 0.5) is 11.4 Å². The summed E-state index contributed by atoms with van der Waals surface area (Å²) < 4.78 is 6.56. The second-order valence-corrected chi connectivity index (χ2v) is 7.23. The Morgan fingerprint density at radius 2 is 1.96 bits per heavy atom. The highest BCUT2D eigenvalue weighted by Crippen LogP contribution is 2.27. The maximum Gasteiger partial charge on any atom is 0.265 e. The number of ether oxygens (including phenoxy) is 1. The minimum absolute atomic E-state index is 0.146. The zero-order valence-electron chi connectivity index (χ0n) is 14.8. The van der Waals surface area contributed by atoms with Crippen molar-refractivity contribution >= 4 is 39.1 Å². The van der Waals surface area contributed by atoms with Crippen LogP contribution in [-0.4, -0.2) is 24.5 Å². The van der Waals surface area contributed by atoms with Gasteiger partial charge in [-0.25, -0.2) is 0 Å². The predicted molar refractivity (Wildman–Crippen MR) is 106 cm³/mol. The van der Waals surface area contributed by atoms with E-state index in [1.54, 1.807) is 24.0 Å². The van der Waals surface area contributed by atoms with Crippen LogP contribution in [0, 0.1) is 6.92 Å². The lowest BCUT2D eigenvalue weighted by molar-refractivity contribution is -0.122. The van der Waals surface area contributed by atoms with E-state index in [1.165, 1.54) is 0 Å². The summed E-state index contributed by atoms with van der Waals surface area (Å²) in [4.78, 5) is 25.9. The molecule has 1 aliphatic rings. The van der Waals surface area contributed by atoms with Crippen LogP contribution in [0.25, 0.3) is 0 Å². The zero-order valence-corrected chi connectivity index (χ0v) is 16.4. The lowest BCUT2D eigenvalue weighted by Crippen LogP contribution is -2.30. The molecule has 1 atom stereocenters. The highest BCUT2D eigenvalue weighted by Gasteiger charge is 2.22. The normalized spacial score (nSPS) is 15.0. The van der Waals surface area contributed by atoms with E-state index < -0.39 is 6.10 Å². The van der Waals surface area contributed by atoms with Crippen LogP contribution in [0.1, 0.15) is 25.3 Å². The van der Waals surface area contributed by atoms with Gasteiger partial charge in [0.25, 0.3) is 5.91 Å². The van der Waals surface area contributed by atoms with Crippen LogP contribution < -0.4 is 15.0 Å². The van der Waals surface area contributed by atoms with Crippen molar-refractivity contribution in [2.75, 3.05) is 16.8 Å². The molecule has 3 rings (SSSR count). The average molecular weight is 417 g/mol. The molecule has 26 heavy (non-hydrogen) atoms. The molecule has 0 saturated carbocycles. The number of amides is 2. The highest BCUT2D eigenvalue weighted by molar-refractivity contribution is 9.10. The first-order valence-corrected chi connectivity index (χ1v) is 9.37. The monoisotopic (exact) mass is 416 g/mol. The molecule has 0 bridgehead atoms. The van der Waals surface area contributed by atoms with Gasteiger partial charge in [-0.05, 0) is 78.2 Å². The summed E-state index contributed by atoms with van der Waals surface area (Å²) in [6.07, 6.45) is 0.844. The Bertz CT molecular complexity index is 820. The number of aryl methyl sites for hydroxylation is 1. The molecule has 1 saturated heterocycles. The molecule has 0 radical (unpaired) electrons. The molecular weight excluding hydrogens is 396 g/mol. The largest absolute Gasteiger partial charge is 0.480 e. The van der Waals surface area contributed by atoms with E-state index >= 15 is 0 Å². The first-order chi connectivity index (χ1) is 12.4. The van der Waals surface area contributed by atoms with Gasteiger partial charge in [0.15, 0.2) is 6.10 Å². The first kappa shape index (κ1) is 18.5. The Balaban J connectivity index is 1.61. The fourth-order valence-electron chi connectivity index (χ4n) is 2.84. The van der Waals surface area contributed by atoms with E-state index in [0.29, 0.717) is 17.9 Å². The summed E-state index contributed by atoms with van der Waals surface area (Å²) in [5, 5.41) is 2.84. The van der Waals surface area contributed by atoms with Crippen molar-refractivity contribution in [1.29, 1.82) is 0 Å². The van der Waals surface area contributed by atoms with Gasteiger partial charge in [0.05, 0.1) is 4.47 Å². The number of rotatable bonds is 5. The fraction of sp³-hybridized carbons (Fsp3) is 0.300. The SMILES string of the molecule is Cc1ccc(OC(C)C(=O)Nc2ccc(N3CCCC3=O)cc2)c(Br)c1. The molecule has 1 fully saturated rings. The van der Waals surface area contributed by atoms with Crippen molar-refractivity contribution in [3.8, 4) is 5.75 Å².